The summed E-state index contributed by atoms with van der Waals surface area (Å²) in [6, 6.07) is 11.4. The molecule has 2 aromatic carbocycles. The van der Waals surface area contributed by atoms with E-state index >= 15 is 0 Å². The molecule has 4 rings (SSSR count). The lowest BCUT2D eigenvalue weighted by Gasteiger charge is -2.25. The van der Waals surface area contributed by atoms with Gasteiger partial charge in [-0.25, -0.2) is 9.59 Å². The first-order chi connectivity index (χ1) is 18.1. The number of aliphatic imine (C=N–C) groups is 1. The number of rotatable bonds is 6. The van der Waals surface area contributed by atoms with Gasteiger partial charge in [-0.15, -0.1) is 4.99 Å². The largest absolute Gasteiger partial charge is 0.494 e. The lowest BCUT2D eigenvalue weighted by atomic mass is 10.1. The second-order valence-corrected chi connectivity index (χ2v) is 10.1. The van der Waals surface area contributed by atoms with E-state index in [1.165, 1.54) is 0 Å². The number of nitrogens with zero attached hydrogens (tertiary/aromatic N) is 4. The minimum atomic E-state index is -1.35. The fourth-order valence-corrected chi connectivity index (χ4v) is 4.18. The van der Waals surface area contributed by atoms with E-state index in [0.717, 1.165) is 41.3 Å². The van der Waals surface area contributed by atoms with E-state index in [2.05, 4.69) is 27.4 Å². The molecule has 11 heteroatoms. The maximum Gasteiger partial charge on any atom is 0.437 e. The minimum Gasteiger partial charge on any atom is -0.494 e. The van der Waals surface area contributed by atoms with Crippen LogP contribution >= 0.6 is 0 Å². The first kappa shape index (κ1) is 26.9. The molecule has 0 aliphatic carbocycles. The van der Waals surface area contributed by atoms with Crippen LogP contribution in [0.2, 0.25) is 0 Å². The van der Waals surface area contributed by atoms with Gasteiger partial charge in [0.25, 0.3) is 0 Å². The van der Waals surface area contributed by atoms with E-state index < -0.39 is 23.8 Å². The molecular weight excluding hydrogens is 490 g/mol. The van der Waals surface area contributed by atoms with Crippen molar-refractivity contribution in [3.63, 3.8) is 0 Å². The molecule has 1 unspecified atom stereocenters. The summed E-state index contributed by atoms with van der Waals surface area (Å²) < 4.78 is 16.6. The van der Waals surface area contributed by atoms with Crippen LogP contribution < -0.4 is 10.1 Å². The Balaban J connectivity index is 1.55. The second-order valence-electron chi connectivity index (χ2n) is 10.1. The number of hydrogen-bond acceptors (Lipinski definition) is 7. The molecule has 1 aliphatic heterocycles. The van der Waals surface area contributed by atoms with Gasteiger partial charge in [-0.05, 0) is 69.0 Å². The number of amides is 2. The van der Waals surface area contributed by atoms with Crippen molar-refractivity contribution in [1.29, 1.82) is 0 Å². The molecule has 1 saturated heterocycles. The summed E-state index contributed by atoms with van der Waals surface area (Å²) in [7, 11) is 0. The van der Waals surface area contributed by atoms with E-state index in [9.17, 15) is 14.7 Å². The Morgan fingerprint density at radius 3 is 2.71 bits per heavy atom. The predicted octanol–water partition coefficient (Wildman–Crippen LogP) is 5.76. The average molecular weight is 524 g/mol. The number of ether oxygens (including phenoxy) is 2. The van der Waals surface area contributed by atoms with Gasteiger partial charge in [0.2, 0.25) is 17.7 Å². The maximum absolute atomic E-state index is 12.3. The van der Waals surface area contributed by atoms with Crippen molar-refractivity contribution in [3.8, 4) is 17.1 Å². The highest BCUT2D eigenvalue weighted by molar-refractivity contribution is 5.98. The highest BCUT2D eigenvalue weighted by Crippen LogP contribution is 2.33. The number of aromatic nitrogens is 2. The van der Waals surface area contributed by atoms with Crippen molar-refractivity contribution in [2.75, 3.05) is 13.2 Å². The van der Waals surface area contributed by atoms with Gasteiger partial charge in [0.15, 0.2) is 0 Å². The van der Waals surface area contributed by atoms with Crippen LogP contribution in [0.5, 0.6) is 5.75 Å². The van der Waals surface area contributed by atoms with E-state index in [1.807, 2.05) is 36.4 Å². The SMILES string of the molecule is CCCCOc1ccc2cc(-c3noc(C4CCCN4C(=NC(=O)OC(C)(C)C)NC(=O)O)n3)ccc2c1. The van der Waals surface area contributed by atoms with Crippen molar-refractivity contribution in [1.82, 2.24) is 20.4 Å². The first-order valence-corrected chi connectivity index (χ1v) is 12.7. The van der Waals surface area contributed by atoms with E-state index in [0.29, 0.717) is 31.3 Å². The molecule has 0 radical (unpaired) electrons. The lowest BCUT2D eigenvalue weighted by Crippen LogP contribution is -2.44. The van der Waals surface area contributed by atoms with Crippen LogP contribution in [0.25, 0.3) is 22.2 Å². The normalized spacial score (nSPS) is 16.1. The minimum absolute atomic E-state index is 0.142. The van der Waals surface area contributed by atoms with Crippen molar-refractivity contribution >= 4 is 28.9 Å². The molecular formula is C27H33N5O6. The Bertz CT molecular complexity index is 1330. The van der Waals surface area contributed by atoms with Crippen molar-refractivity contribution in [2.45, 2.75) is 65.0 Å². The number of carbonyl (C=O) groups excluding carboxylic acids is 1. The molecule has 0 bridgehead atoms. The Morgan fingerprint density at radius 2 is 1.97 bits per heavy atom. The molecule has 2 amide bonds. The summed E-state index contributed by atoms with van der Waals surface area (Å²) in [6.07, 6.45) is 1.18. The van der Waals surface area contributed by atoms with Gasteiger partial charge in [0, 0.05) is 12.1 Å². The molecule has 3 aromatic rings. The monoisotopic (exact) mass is 523 g/mol. The molecule has 1 aromatic heterocycles. The number of hydrogen-bond donors (Lipinski definition) is 2. The number of nitrogens with one attached hydrogen (secondary N) is 1. The predicted molar refractivity (Wildman–Crippen MR) is 141 cm³/mol. The zero-order valence-electron chi connectivity index (χ0n) is 22.1. The Hall–Kier alpha value is -4.15. The quantitative estimate of drug-likeness (QED) is 0.234. The lowest BCUT2D eigenvalue weighted by molar-refractivity contribution is 0.0600. The highest BCUT2D eigenvalue weighted by atomic mass is 16.6. The van der Waals surface area contributed by atoms with Crippen LogP contribution in [0.1, 0.15) is 65.3 Å². The van der Waals surface area contributed by atoms with Crippen LogP contribution in [0.4, 0.5) is 9.59 Å². The van der Waals surface area contributed by atoms with Crippen molar-refractivity contribution in [2.24, 2.45) is 4.99 Å². The molecule has 1 fully saturated rings. The summed E-state index contributed by atoms with van der Waals surface area (Å²) in [4.78, 5) is 33.8. The topological polar surface area (TPSA) is 139 Å². The van der Waals surface area contributed by atoms with E-state index in [-0.39, 0.29) is 5.96 Å². The summed E-state index contributed by atoms with van der Waals surface area (Å²) in [6.45, 7) is 8.38. The maximum atomic E-state index is 12.3. The van der Waals surface area contributed by atoms with Gasteiger partial charge >= 0.3 is 12.2 Å². The van der Waals surface area contributed by atoms with E-state index in [1.54, 1.807) is 25.7 Å². The van der Waals surface area contributed by atoms with Gasteiger partial charge in [-0.1, -0.05) is 36.7 Å². The number of unbranched alkanes of at least 4 members (excludes halogenated alkanes) is 1. The Kier molecular flexibility index (Phi) is 8.13. The van der Waals surface area contributed by atoms with E-state index in [4.69, 9.17) is 14.0 Å². The van der Waals surface area contributed by atoms with Gasteiger partial charge in [-0.3, -0.25) is 5.32 Å². The molecule has 0 saturated carbocycles. The summed E-state index contributed by atoms with van der Waals surface area (Å²) in [5.41, 5.74) is 0.00697. The van der Waals surface area contributed by atoms with Crippen LogP contribution in [0, 0.1) is 0 Å². The number of benzene rings is 2. The van der Waals surface area contributed by atoms with Crippen molar-refractivity contribution in [3.05, 3.63) is 42.3 Å². The number of likely N-dealkylation sites (tertiary alicyclic amines) is 1. The third-order valence-corrected chi connectivity index (χ3v) is 5.90. The summed E-state index contributed by atoms with van der Waals surface area (Å²) in [5.74, 6) is 1.41. The Labute approximate surface area is 220 Å². The van der Waals surface area contributed by atoms with Gasteiger partial charge in [0.1, 0.15) is 17.4 Å². The van der Waals surface area contributed by atoms with Crippen LogP contribution in [0.15, 0.2) is 45.9 Å². The fraction of sp³-hybridized carbons (Fsp3) is 0.444. The Morgan fingerprint density at radius 1 is 1.21 bits per heavy atom. The molecule has 202 valence electrons. The number of guanidine groups is 1. The first-order valence-electron chi connectivity index (χ1n) is 12.7. The molecule has 11 nitrogen and oxygen atoms in total. The molecule has 38 heavy (non-hydrogen) atoms. The van der Waals surface area contributed by atoms with Crippen LogP contribution in [0.3, 0.4) is 0 Å². The molecule has 2 N–H and O–H groups in total. The van der Waals surface area contributed by atoms with Gasteiger partial charge < -0.3 is 24.0 Å². The number of carboxylic acid groups (broad SMARTS) is 1. The van der Waals surface area contributed by atoms with Crippen LogP contribution in [-0.4, -0.2) is 57.0 Å². The standard InChI is InChI=1S/C27H33N5O6/c1-5-6-14-36-20-12-11-17-15-19(10-9-18(17)16-20)22-28-23(38-31-22)21-8-7-13-32(21)24(29-25(33)34)30-26(35)37-27(2,3)4/h9-12,15-16,21H,5-8,13-14H2,1-4H3,(H,33,34)(H,29,30,35). The van der Waals surface area contributed by atoms with Gasteiger partial charge in [-0.2, -0.15) is 4.98 Å². The summed E-state index contributed by atoms with van der Waals surface area (Å²) >= 11 is 0. The molecule has 2 heterocycles. The second kappa shape index (κ2) is 11.5. The smallest absolute Gasteiger partial charge is 0.437 e. The third kappa shape index (κ3) is 6.78. The fourth-order valence-electron chi connectivity index (χ4n) is 4.18. The zero-order valence-corrected chi connectivity index (χ0v) is 22.1. The zero-order chi connectivity index (χ0) is 27.3. The average Bonchev–Trinajstić information content (AvgIpc) is 3.52. The number of fused-ring (bicyclic) bond motifs is 1. The number of carbonyl (C=O) groups is 2. The summed E-state index contributed by atoms with van der Waals surface area (Å²) in [5, 5.41) is 17.7. The van der Waals surface area contributed by atoms with Crippen LogP contribution in [-0.2, 0) is 4.74 Å². The highest BCUT2D eigenvalue weighted by Gasteiger charge is 2.34. The molecule has 0 spiro atoms. The van der Waals surface area contributed by atoms with Crippen molar-refractivity contribution < 1.29 is 28.7 Å². The third-order valence-electron chi connectivity index (χ3n) is 5.90. The molecule has 1 aliphatic rings. The molecule has 1 atom stereocenters. The van der Waals surface area contributed by atoms with Gasteiger partial charge in [0.05, 0.1) is 6.61 Å².